The monoisotopic (exact) mass is 366 g/mol. The lowest BCUT2D eigenvalue weighted by Gasteiger charge is -2.08. The third-order valence-electron chi connectivity index (χ3n) is 3.57. The second-order valence-corrected chi connectivity index (χ2v) is 7.27. The normalized spacial score (nSPS) is 13.8. The van der Waals surface area contributed by atoms with E-state index in [1.54, 1.807) is 17.8 Å². The molecule has 1 N–H and O–H groups in total. The summed E-state index contributed by atoms with van der Waals surface area (Å²) in [6.07, 6.45) is 3.75. The van der Waals surface area contributed by atoms with Crippen LogP contribution in [-0.2, 0) is 16.6 Å². The van der Waals surface area contributed by atoms with Gasteiger partial charge in [0.1, 0.15) is 11.3 Å². The summed E-state index contributed by atoms with van der Waals surface area (Å²) < 4.78 is 6.90. The highest BCUT2D eigenvalue weighted by Gasteiger charge is 2.32. The van der Waals surface area contributed by atoms with Crippen LogP contribution in [0.2, 0.25) is 0 Å². The fourth-order valence-electron chi connectivity index (χ4n) is 2.27. The van der Waals surface area contributed by atoms with Crippen LogP contribution in [0.15, 0.2) is 16.9 Å². The predicted molar refractivity (Wildman–Crippen MR) is 92.6 cm³/mol. The topological polar surface area (TPSA) is 86.1 Å². The van der Waals surface area contributed by atoms with Crippen molar-refractivity contribution in [3.8, 4) is 0 Å². The number of nitrogens with one attached hydrogen (secondary N) is 1. The zero-order valence-corrected chi connectivity index (χ0v) is 15.1. The van der Waals surface area contributed by atoms with Crippen molar-refractivity contribution >= 4 is 40.0 Å². The van der Waals surface area contributed by atoms with E-state index in [4.69, 9.17) is 4.74 Å². The molecule has 7 nitrogen and oxygen atoms in total. The zero-order valence-electron chi connectivity index (χ0n) is 13.4. The molecule has 0 unspecified atom stereocenters. The van der Waals surface area contributed by atoms with Gasteiger partial charge in [0, 0.05) is 7.05 Å². The summed E-state index contributed by atoms with van der Waals surface area (Å²) in [6, 6.07) is 0. The van der Waals surface area contributed by atoms with E-state index in [9.17, 15) is 9.59 Å². The molecule has 0 radical (unpaired) electrons. The van der Waals surface area contributed by atoms with Gasteiger partial charge < -0.3 is 14.6 Å². The standard InChI is InChI=1S/C15H18N4O3S2/c1-3-22-14(21)12-10(9-4-5-9)6-23-13(12)17-11(20)7-24-15-18-16-8-19(15)2/h6,8-9H,3-5,7H2,1-2H3,(H,17,20). The van der Waals surface area contributed by atoms with Crippen LogP contribution in [0.1, 0.15) is 41.6 Å². The van der Waals surface area contributed by atoms with Crippen molar-refractivity contribution in [2.24, 2.45) is 7.05 Å². The van der Waals surface area contributed by atoms with Gasteiger partial charge in [0.25, 0.3) is 0 Å². The Morgan fingerprint density at radius 2 is 2.29 bits per heavy atom. The van der Waals surface area contributed by atoms with Crippen LogP contribution in [0.25, 0.3) is 0 Å². The lowest BCUT2D eigenvalue weighted by Crippen LogP contribution is -2.17. The smallest absolute Gasteiger partial charge is 0.341 e. The third kappa shape index (κ3) is 3.78. The van der Waals surface area contributed by atoms with E-state index < -0.39 is 0 Å². The molecule has 3 rings (SSSR count). The maximum Gasteiger partial charge on any atom is 0.341 e. The van der Waals surface area contributed by atoms with Crippen LogP contribution in [0.4, 0.5) is 5.00 Å². The Labute approximate surface area is 147 Å². The zero-order chi connectivity index (χ0) is 17.1. The largest absolute Gasteiger partial charge is 0.462 e. The Balaban J connectivity index is 1.68. The fourth-order valence-corrected chi connectivity index (χ4v) is 4.00. The third-order valence-corrected chi connectivity index (χ3v) is 5.52. The van der Waals surface area contributed by atoms with Gasteiger partial charge in [-0.15, -0.1) is 21.5 Å². The van der Waals surface area contributed by atoms with Crippen molar-refractivity contribution in [3.63, 3.8) is 0 Å². The van der Waals surface area contributed by atoms with Crippen molar-refractivity contribution in [2.75, 3.05) is 17.7 Å². The van der Waals surface area contributed by atoms with Gasteiger partial charge in [0.15, 0.2) is 5.16 Å². The van der Waals surface area contributed by atoms with Gasteiger partial charge in [0.05, 0.1) is 17.9 Å². The van der Waals surface area contributed by atoms with Gasteiger partial charge in [-0.1, -0.05) is 11.8 Å². The maximum absolute atomic E-state index is 12.3. The van der Waals surface area contributed by atoms with E-state index in [2.05, 4.69) is 15.5 Å². The van der Waals surface area contributed by atoms with Crippen molar-refractivity contribution in [1.29, 1.82) is 0 Å². The summed E-state index contributed by atoms with van der Waals surface area (Å²) in [5.74, 6) is 0.0693. The molecule has 0 aromatic carbocycles. The number of hydrogen-bond donors (Lipinski definition) is 1. The molecule has 0 atom stereocenters. The van der Waals surface area contributed by atoms with Gasteiger partial charge in [-0.2, -0.15) is 0 Å². The molecule has 9 heteroatoms. The van der Waals surface area contributed by atoms with Crippen LogP contribution in [0.5, 0.6) is 0 Å². The lowest BCUT2D eigenvalue weighted by atomic mass is 10.1. The Kier molecular flexibility index (Phi) is 5.20. The summed E-state index contributed by atoms with van der Waals surface area (Å²) in [4.78, 5) is 24.5. The van der Waals surface area contributed by atoms with Crippen molar-refractivity contribution in [1.82, 2.24) is 14.8 Å². The number of aromatic nitrogens is 3. The number of nitrogens with zero attached hydrogens (tertiary/aromatic N) is 3. The number of carbonyl (C=O) groups excluding carboxylic acids is 2. The van der Waals surface area contributed by atoms with Gasteiger partial charge in [0.2, 0.25) is 5.91 Å². The highest BCUT2D eigenvalue weighted by atomic mass is 32.2. The summed E-state index contributed by atoms with van der Waals surface area (Å²) in [6.45, 7) is 2.09. The van der Waals surface area contributed by atoms with Crippen LogP contribution >= 0.6 is 23.1 Å². The quantitative estimate of drug-likeness (QED) is 0.599. The van der Waals surface area contributed by atoms with E-state index in [0.29, 0.717) is 28.2 Å². The molecular formula is C15H18N4O3S2. The highest BCUT2D eigenvalue weighted by molar-refractivity contribution is 7.99. The number of esters is 1. The molecule has 1 aliphatic carbocycles. The molecular weight excluding hydrogens is 348 g/mol. The van der Waals surface area contributed by atoms with E-state index in [1.807, 2.05) is 12.4 Å². The molecule has 1 amide bonds. The minimum absolute atomic E-state index is 0.183. The number of thiophene rings is 1. The van der Waals surface area contributed by atoms with Gasteiger partial charge in [-0.05, 0) is 36.6 Å². The molecule has 1 aliphatic rings. The fraction of sp³-hybridized carbons (Fsp3) is 0.467. The number of amides is 1. The van der Waals surface area contributed by atoms with E-state index in [0.717, 1.165) is 18.4 Å². The molecule has 0 spiro atoms. The van der Waals surface area contributed by atoms with Crippen LogP contribution in [0, 0.1) is 0 Å². The maximum atomic E-state index is 12.3. The highest BCUT2D eigenvalue weighted by Crippen LogP contribution is 2.46. The first-order valence-electron chi connectivity index (χ1n) is 7.65. The molecule has 2 heterocycles. The summed E-state index contributed by atoms with van der Waals surface area (Å²) in [7, 11) is 1.82. The molecule has 0 bridgehead atoms. The molecule has 24 heavy (non-hydrogen) atoms. The molecule has 0 aliphatic heterocycles. The van der Waals surface area contributed by atoms with Crippen LogP contribution in [-0.4, -0.2) is 39.0 Å². The van der Waals surface area contributed by atoms with Crippen molar-refractivity contribution in [3.05, 3.63) is 22.8 Å². The molecule has 2 aromatic rings. The number of hydrogen-bond acceptors (Lipinski definition) is 7. The predicted octanol–water partition coefficient (Wildman–Crippen LogP) is 2.66. The number of rotatable bonds is 7. The second-order valence-electron chi connectivity index (χ2n) is 5.45. The first-order valence-corrected chi connectivity index (χ1v) is 9.51. The lowest BCUT2D eigenvalue weighted by molar-refractivity contribution is -0.113. The van der Waals surface area contributed by atoms with E-state index in [1.165, 1.54) is 23.1 Å². The van der Waals surface area contributed by atoms with Crippen LogP contribution < -0.4 is 5.32 Å². The number of ether oxygens (including phenoxy) is 1. The van der Waals surface area contributed by atoms with Crippen molar-refractivity contribution < 1.29 is 14.3 Å². The molecule has 1 fully saturated rings. The number of anilines is 1. The Morgan fingerprint density at radius 1 is 1.50 bits per heavy atom. The molecule has 2 aromatic heterocycles. The van der Waals surface area contributed by atoms with E-state index >= 15 is 0 Å². The van der Waals surface area contributed by atoms with Crippen LogP contribution in [0.3, 0.4) is 0 Å². The Hall–Kier alpha value is -1.87. The number of aryl methyl sites for hydroxylation is 1. The Bertz CT molecular complexity index is 752. The minimum Gasteiger partial charge on any atom is -0.462 e. The molecule has 0 saturated heterocycles. The van der Waals surface area contributed by atoms with Gasteiger partial charge in [-0.3, -0.25) is 4.79 Å². The Morgan fingerprint density at radius 3 is 2.92 bits per heavy atom. The average Bonchev–Trinajstić information content (AvgIpc) is 3.19. The van der Waals surface area contributed by atoms with Crippen molar-refractivity contribution in [2.45, 2.75) is 30.8 Å². The summed E-state index contributed by atoms with van der Waals surface area (Å²) >= 11 is 2.68. The summed E-state index contributed by atoms with van der Waals surface area (Å²) in [5.41, 5.74) is 1.51. The number of carbonyl (C=O) groups is 2. The minimum atomic E-state index is -0.364. The first kappa shape index (κ1) is 17.0. The number of thioether (sulfide) groups is 1. The first-order chi connectivity index (χ1) is 11.6. The van der Waals surface area contributed by atoms with E-state index in [-0.39, 0.29) is 17.6 Å². The average molecular weight is 366 g/mol. The van der Waals surface area contributed by atoms with Gasteiger partial charge in [-0.25, -0.2) is 4.79 Å². The summed E-state index contributed by atoms with van der Waals surface area (Å²) in [5, 5.41) is 13.7. The molecule has 128 valence electrons. The van der Waals surface area contributed by atoms with Gasteiger partial charge >= 0.3 is 5.97 Å². The SMILES string of the molecule is CCOC(=O)c1c(C2CC2)csc1NC(=O)CSc1nncn1C. The molecule has 1 saturated carbocycles. The second kappa shape index (κ2) is 7.35.